The lowest BCUT2D eigenvalue weighted by molar-refractivity contribution is -0.142. The molecule has 29 heavy (non-hydrogen) atoms. The maximum atomic E-state index is 12.9. The van der Waals surface area contributed by atoms with E-state index < -0.39 is 0 Å². The van der Waals surface area contributed by atoms with Gasteiger partial charge in [0.05, 0.1) is 42.4 Å². The summed E-state index contributed by atoms with van der Waals surface area (Å²) in [6, 6.07) is 5.47. The van der Waals surface area contributed by atoms with Crippen LogP contribution in [0.15, 0.2) is 43.0 Å². The van der Waals surface area contributed by atoms with Gasteiger partial charge in [0, 0.05) is 19.4 Å². The predicted molar refractivity (Wildman–Crippen MR) is 108 cm³/mol. The number of aromatic nitrogens is 4. The Balaban J connectivity index is 1.85. The van der Waals surface area contributed by atoms with Gasteiger partial charge in [0.1, 0.15) is 0 Å². The van der Waals surface area contributed by atoms with Crippen molar-refractivity contribution in [1.29, 1.82) is 0 Å². The van der Waals surface area contributed by atoms with Crippen LogP contribution in [-0.4, -0.2) is 45.3 Å². The summed E-state index contributed by atoms with van der Waals surface area (Å²) in [4.78, 5) is 34.6. The molecular weight excluding hydrogens is 370 g/mol. The Morgan fingerprint density at radius 2 is 2.00 bits per heavy atom. The minimum Gasteiger partial charge on any atom is -0.466 e. The van der Waals surface area contributed by atoms with Gasteiger partial charge < -0.3 is 9.64 Å². The van der Waals surface area contributed by atoms with Crippen LogP contribution >= 0.6 is 0 Å². The van der Waals surface area contributed by atoms with Crippen LogP contribution in [0.4, 0.5) is 5.69 Å². The van der Waals surface area contributed by atoms with Gasteiger partial charge in [-0.25, -0.2) is 9.67 Å². The minimum absolute atomic E-state index is 0.166. The average molecular weight is 393 g/mol. The van der Waals surface area contributed by atoms with Crippen LogP contribution in [0.5, 0.6) is 0 Å². The smallest absolute Gasteiger partial charge is 0.310 e. The quantitative estimate of drug-likeness (QED) is 0.598. The fraction of sp³-hybridized carbons (Fsp3) is 0.286. The van der Waals surface area contributed by atoms with Crippen LogP contribution in [0.25, 0.3) is 5.82 Å². The molecule has 8 nitrogen and oxygen atoms in total. The highest BCUT2D eigenvalue weighted by atomic mass is 16.5. The van der Waals surface area contributed by atoms with E-state index >= 15 is 0 Å². The van der Waals surface area contributed by atoms with Gasteiger partial charge in [-0.3, -0.25) is 14.6 Å². The number of rotatable bonds is 6. The number of ether oxygens (including phenoxy) is 1. The molecule has 0 N–H and O–H groups in total. The summed E-state index contributed by atoms with van der Waals surface area (Å²) in [7, 11) is 1.70. The second-order valence-corrected chi connectivity index (χ2v) is 6.60. The van der Waals surface area contributed by atoms with Crippen molar-refractivity contribution in [3.05, 3.63) is 65.4 Å². The molecule has 0 fully saturated rings. The average Bonchev–Trinajstić information content (AvgIpc) is 3.09. The van der Waals surface area contributed by atoms with Crippen molar-refractivity contribution < 1.29 is 14.3 Å². The van der Waals surface area contributed by atoms with Crippen LogP contribution in [0.2, 0.25) is 0 Å². The van der Waals surface area contributed by atoms with E-state index in [0.717, 1.165) is 11.1 Å². The maximum absolute atomic E-state index is 12.9. The van der Waals surface area contributed by atoms with Crippen molar-refractivity contribution in [2.45, 2.75) is 27.2 Å². The highest BCUT2D eigenvalue weighted by Crippen LogP contribution is 2.20. The van der Waals surface area contributed by atoms with Gasteiger partial charge in [-0.15, -0.1) is 0 Å². The van der Waals surface area contributed by atoms with Gasteiger partial charge in [0.25, 0.3) is 5.91 Å². The number of carbonyl (C=O) groups excluding carboxylic acids is 2. The summed E-state index contributed by atoms with van der Waals surface area (Å²) in [5.41, 5.74) is 3.47. The van der Waals surface area contributed by atoms with Gasteiger partial charge in [0.15, 0.2) is 5.82 Å². The number of nitrogens with zero attached hydrogens (tertiary/aromatic N) is 5. The zero-order chi connectivity index (χ0) is 21.0. The van der Waals surface area contributed by atoms with Gasteiger partial charge in [-0.2, -0.15) is 5.10 Å². The van der Waals surface area contributed by atoms with Gasteiger partial charge in [0.2, 0.25) is 0 Å². The monoisotopic (exact) mass is 393 g/mol. The van der Waals surface area contributed by atoms with E-state index in [2.05, 4.69) is 15.1 Å². The Bertz CT molecular complexity index is 1030. The molecule has 0 spiro atoms. The molecule has 150 valence electrons. The summed E-state index contributed by atoms with van der Waals surface area (Å²) in [5, 5.41) is 4.36. The molecule has 0 saturated carbocycles. The SMILES string of the molecule is CCOC(=O)Cc1cnc(-n2ncc(C(=O)N(C)c3cccnc3)c2C)c(C)c1. The molecule has 0 bridgehead atoms. The Hall–Kier alpha value is -3.55. The first-order valence-corrected chi connectivity index (χ1v) is 9.26. The van der Waals surface area contributed by atoms with Crippen molar-refractivity contribution in [2.75, 3.05) is 18.6 Å². The van der Waals surface area contributed by atoms with Gasteiger partial charge in [-0.1, -0.05) is 6.07 Å². The van der Waals surface area contributed by atoms with Crippen molar-refractivity contribution in [2.24, 2.45) is 0 Å². The molecule has 3 rings (SSSR count). The van der Waals surface area contributed by atoms with Crippen LogP contribution < -0.4 is 4.90 Å². The van der Waals surface area contributed by atoms with Gasteiger partial charge in [-0.05, 0) is 44.0 Å². The highest BCUT2D eigenvalue weighted by molar-refractivity contribution is 6.06. The van der Waals surface area contributed by atoms with E-state index in [-0.39, 0.29) is 18.3 Å². The van der Waals surface area contributed by atoms with Crippen LogP contribution in [0, 0.1) is 13.8 Å². The maximum Gasteiger partial charge on any atom is 0.310 e. The van der Waals surface area contributed by atoms with Gasteiger partial charge >= 0.3 is 5.97 Å². The molecule has 1 amide bonds. The first-order chi connectivity index (χ1) is 13.9. The number of pyridine rings is 2. The summed E-state index contributed by atoms with van der Waals surface area (Å²) in [6.07, 6.45) is 6.62. The zero-order valence-corrected chi connectivity index (χ0v) is 16.9. The summed E-state index contributed by atoms with van der Waals surface area (Å²) in [6.45, 7) is 5.84. The molecule has 3 heterocycles. The minimum atomic E-state index is -0.289. The molecule has 8 heteroatoms. The summed E-state index contributed by atoms with van der Waals surface area (Å²) in [5.74, 6) is 0.138. The molecule has 0 aliphatic rings. The van der Waals surface area contributed by atoms with E-state index in [9.17, 15) is 9.59 Å². The Morgan fingerprint density at radius 1 is 1.21 bits per heavy atom. The molecule has 0 aliphatic carbocycles. The van der Waals surface area contributed by atoms with Crippen LogP contribution in [0.3, 0.4) is 0 Å². The Labute approximate surface area is 169 Å². The molecule has 0 atom stereocenters. The fourth-order valence-electron chi connectivity index (χ4n) is 3.01. The fourth-order valence-corrected chi connectivity index (χ4v) is 3.01. The summed E-state index contributed by atoms with van der Waals surface area (Å²) >= 11 is 0. The lowest BCUT2D eigenvalue weighted by atomic mass is 10.1. The van der Waals surface area contributed by atoms with E-state index in [1.54, 1.807) is 43.3 Å². The lowest BCUT2D eigenvalue weighted by Crippen LogP contribution is -2.26. The number of anilines is 1. The summed E-state index contributed by atoms with van der Waals surface area (Å²) < 4.78 is 6.61. The Kier molecular flexibility index (Phi) is 6.01. The molecule has 3 aromatic rings. The number of carbonyl (C=O) groups is 2. The molecule has 3 aromatic heterocycles. The van der Waals surface area contributed by atoms with E-state index in [1.807, 2.05) is 26.0 Å². The number of hydrogen-bond acceptors (Lipinski definition) is 6. The van der Waals surface area contributed by atoms with E-state index in [4.69, 9.17) is 4.74 Å². The van der Waals surface area contributed by atoms with Crippen molar-refractivity contribution in [3.63, 3.8) is 0 Å². The van der Waals surface area contributed by atoms with E-state index in [1.165, 1.54) is 11.1 Å². The van der Waals surface area contributed by atoms with E-state index in [0.29, 0.717) is 29.4 Å². The largest absolute Gasteiger partial charge is 0.466 e. The number of esters is 1. The zero-order valence-electron chi connectivity index (χ0n) is 16.9. The third-order valence-corrected chi connectivity index (χ3v) is 4.54. The first kappa shape index (κ1) is 20.2. The molecule has 0 saturated heterocycles. The number of aryl methyl sites for hydroxylation is 1. The van der Waals surface area contributed by atoms with Crippen molar-refractivity contribution in [1.82, 2.24) is 19.7 Å². The van der Waals surface area contributed by atoms with Crippen molar-refractivity contribution in [3.8, 4) is 5.82 Å². The predicted octanol–water partition coefficient (Wildman–Crippen LogP) is 2.66. The highest BCUT2D eigenvalue weighted by Gasteiger charge is 2.21. The second-order valence-electron chi connectivity index (χ2n) is 6.60. The topological polar surface area (TPSA) is 90.2 Å². The molecule has 0 aromatic carbocycles. The normalized spacial score (nSPS) is 10.6. The van der Waals surface area contributed by atoms with Crippen LogP contribution in [0.1, 0.15) is 34.1 Å². The second kappa shape index (κ2) is 8.64. The third-order valence-electron chi connectivity index (χ3n) is 4.54. The molecular formula is C21H23N5O3. The number of amides is 1. The lowest BCUT2D eigenvalue weighted by Gasteiger charge is -2.16. The molecule has 0 radical (unpaired) electrons. The number of hydrogen-bond donors (Lipinski definition) is 0. The van der Waals surface area contributed by atoms with Crippen molar-refractivity contribution >= 4 is 17.6 Å². The third kappa shape index (κ3) is 4.31. The Morgan fingerprint density at radius 3 is 2.66 bits per heavy atom. The molecule has 0 unspecified atom stereocenters. The molecule has 0 aliphatic heterocycles. The van der Waals surface area contributed by atoms with Crippen LogP contribution in [-0.2, 0) is 16.0 Å². The standard InChI is InChI=1S/C21H23N5O3/c1-5-29-19(27)10-16-9-14(2)20(23-11-16)26-15(3)18(13-24-26)21(28)25(4)17-7-6-8-22-12-17/h6-9,11-13H,5,10H2,1-4H3. The first-order valence-electron chi connectivity index (χ1n) is 9.26.